The van der Waals surface area contributed by atoms with Crippen molar-refractivity contribution < 1.29 is 9.90 Å². The first-order valence-corrected chi connectivity index (χ1v) is 6.66. The zero-order chi connectivity index (χ0) is 16.1. The summed E-state index contributed by atoms with van der Waals surface area (Å²) in [5.74, 6) is -0.695. The molecule has 0 unspecified atom stereocenters. The number of aromatic hydroxyl groups is 1. The Morgan fingerprint density at radius 3 is 2.50 bits per heavy atom. The van der Waals surface area contributed by atoms with Gasteiger partial charge in [-0.2, -0.15) is 5.10 Å². The molecule has 2 aromatic rings. The maximum absolute atomic E-state index is 11.9. The maximum atomic E-state index is 11.9. The molecular formula is C15H12ClN3O3. The highest BCUT2D eigenvalue weighted by atomic mass is 35.5. The van der Waals surface area contributed by atoms with E-state index in [1.807, 2.05) is 0 Å². The summed E-state index contributed by atoms with van der Waals surface area (Å²) < 4.78 is 0. The number of carbonyl (C=O) groups excluding carboxylic acids is 1. The average molecular weight is 318 g/mol. The molecule has 0 saturated heterocycles. The SMILES string of the molecule is CC(=NNC(=O)c1ccc(Cl)cc1)c1cccc(N=O)c1O. The van der Waals surface area contributed by atoms with Gasteiger partial charge in [0.2, 0.25) is 0 Å². The van der Waals surface area contributed by atoms with Crippen molar-refractivity contribution in [3.05, 3.63) is 63.5 Å². The summed E-state index contributed by atoms with van der Waals surface area (Å²) in [6.07, 6.45) is 0. The van der Waals surface area contributed by atoms with Crippen LogP contribution in [0.1, 0.15) is 22.8 Å². The highest BCUT2D eigenvalue weighted by Gasteiger charge is 2.11. The fourth-order valence-electron chi connectivity index (χ4n) is 1.76. The molecule has 0 aromatic heterocycles. The van der Waals surface area contributed by atoms with Crippen molar-refractivity contribution in [3.8, 4) is 5.75 Å². The van der Waals surface area contributed by atoms with Crippen LogP contribution in [-0.2, 0) is 0 Å². The number of carbonyl (C=O) groups is 1. The molecule has 22 heavy (non-hydrogen) atoms. The Hall–Kier alpha value is -2.73. The van der Waals surface area contributed by atoms with Gasteiger partial charge in [-0.15, -0.1) is 4.91 Å². The molecule has 0 bridgehead atoms. The molecule has 6 nitrogen and oxygen atoms in total. The Morgan fingerprint density at radius 1 is 1.18 bits per heavy atom. The Kier molecular flexibility index (Phi) is 4.85. The number of nitrogens with zero attached hydrogens (tertiary/aromatic N) is 2. The molecule has 0 heterocycles. The first-order chi connectivity index (χ1) is 10.5. The van der Waals surface area contributed by atoms with Crippen LogP contribution in [0.3, 0.4) is 0 Å². The van der Waals surface area contributed by atoms with Crippen LogP contribution in [0.25, 0.3) is 0 Å². The van der Waals surface area contributed by atoms with Crippen LogP contribution in [0.5, 0.6) is 5.75 Å². The van der Waals surface area contributed by atoms with Crippen molar-refractivity contribution >= 4 is 28.9 Å². The highest BCUT2D eigenvalue weighted by Crippen LogP contribution is 2.30. The molecule has 0 aliphatic rings. The fourth-order valence-corrected chi connectivity index (χ4v) is 1.88. The number of nitrogens with one attached hydrogen (secondary N) is 1. The van der Waals surface area contributed by atoms with Crippen molar-refractivity contribution in [1.29, 1.82) is 0 Å². The topological polar surface area (TPSA) is 91.1 Å². The van der Waals surface area contributed by atoms with Gasteiger partial charge in [-0.05, 0) is 48.5 Å². The summed E-state index contributed by atoms with van der Waals surface area (Å²) in [5, 5.41) is 17.0. The second-order valence-corrected chi connectivity index (χ2v) is 4.85. The minimum atomic E-state index is -0.417. The number of nitroso groups, excluding NO2 is 1. The van der Waals surface area contributed by atoms with Crippen LogP contribution in [0.2, 0.25) is 5.02 Å². The molecule has 0 aliphatic carbocycles. The van der Waals surface area contributed by atoms with E-state index in [-0.39, 0.29) is 11.4 Å². The Bertz CT molecular complexity index is 742. The molecule has 1 amide bonds. The molecule has 0 fully saturated rings. The first kappa shape index (κ1) is 15.7. The minimum Gasteiger partial charge on any atom is -0.505 e. The molecule has 2 N–H and O–H groups in total. The Balaban J connectivity index is 2.18. The van der Waals surface area contributed by atoms with E-state index in [9.17, 15) is 14.8 Å². The van der Waals surface area contributed by atoms with Gasteiger partial charge in [0.1, 0.15) is 5.69 Å². The van der Waals surface area contributed by atoms with Gasteiger partial charge >= 0.3 is 0 Å². The van der Waals surface area contributed by atoms with Gasteiger partial charge < -0.3 is 5.11 Å². The van der Waals surface area contributed by atoms with E-state index in [1.54, 1.807) is 43.3 Å². The Morgan fingerprint density at radius 2 is 1.86 bits per heavy atom. The van der Waals surface area contributed by atoms with Gasteiger partial charge in [-0.1, -0.05) is 17.7 Å². The molecular weight excluding hydrogens is 306 g/mol. The lowest BCUT2D eigenvalue weighted by molar-refractivity contribution is 0.0955. The lowest BCUT2D eigenvalue weighted by Crippen LogP contribution is -2.19. The summed E-state index contributed by atoms with van der Waals surface area (Å²) in [6, 6.07) is 10.8. The van der Waals surface area contributed by atoms with Crippen LogP contribution in [0, 0.1) is 4.91 Å². The van der Waals surface area contributed by atoms with Crippen molar-refractivity contribution in [2.45, 2.75) is 6.92 Å². The van der Waals surface area contributed by atoms with E-state index in [0.29, 0.717) is 21.9 Å². The van der Waals surface area contributed by atoms with Gasteiger partial charge in [-0.3, -0.25) is 4.79 Å². The number of hydrogen-bond donors (Lipinski definition) is 2. The molecule has 0 radical (unpaired) electrons. The molecule has 2 rings (SSSR count). The van der Waals surface area contributed by atoms with Crippen LogP contribution in [-0.4, -0.2) is 16.7 Å². The lowest BCUT2D eigenvalue weighted by Gasteiger charge is -2.06. The van der Waals surface area contributed by atoms with Crippen molar-refractivity contribution in [3.63, 3.8) is 0 Å². The zero-order valence-electron chi connectivity index (χ0n) is 11.6. The molecule has 7 heteroatoms. The van der Waals surface area contributed by atoms with E-state index >= 15 is 0 Å². The highest BCUT2D eigenvalue weighted by molar-refractivity contribution is 6.30. The van der Waals surface area contributed by atoms with E-state index in [0.717, 1.165) is 0 Å². The van der Waals surface area contributed by atoms with Crippen LogP contribution in [0.15, 0.2) is 52.7 Å². The molecule has 0 saturated carbocycles. The van der Waals surface area contributed by atoms with Gasteiger partial charge in [0.05, 0.1) is 5.71 Å². The second kappa shape index (κ2) is 6.82. The molecule has 0 aliphatic heterocycles. The molecule has 2 aromatic carbocycles. The standard InChI is InChI=1S/C15H12ClN3O3/c1-9(12-3-2-4-13(19-22)14(12)20)17-18-15(21)10-5-7-11(16)8-6-10/h2-8,20H,1H3,(H,18,21). The minimum absolute atomic E-state index is 0.0870. The van der Waals surface area contributed by atoms with Crippen LogP contribution >= 0.6 is 11.6 Å². The monoisotopic (exact) mass is 317 g/mol. The number of para-hydroxylation sites is 1. The largest absolute Gasteiger partial charge is 0.505 e. The fraction of sp³-hybridized carbons (Fsp3) is 0.0667. The Labute approximate surface area is 131 Å². The lowest BCUT2D eigenvalue weighted by atomic mass is 10.1. The normalized spacial score (nSPS) is 11.1. The summed E-state index contributed by atoms with van der Waals surface area (Å²) in [5.41, 5.74) is 3.33. The van der Waals surface area contributed by atoms with Crippen LogP contribution in [0.4, 0.5) is 5.69 Å². The van der Waals surface area contributed by atoms with Gasteiger partial charge in [0.25, 0.3) is 5.91 Å². The van der Waals surface area contributed by atoms with Gasteiger partial charge in [-0.25, -0.2) is 5.43 Å². The molecule has 112 valence electrons. The van der Waals surface area contributed by atoms with Crippen LogP contribution < -0.4 is 5.43 Å². The smallest absolute Gasteiger partial charge is 0.271 e. The summed E-state index contributed by atoms with van der Waals surface area (Å²) >= 11 is 5.75. The third kappa shape index (κ3) is 3.48. The number of amides is 1. The number of benzene rings is 2. The maximum Gasteiger partial charge on any atom is 0.271 e. The van der Waals surface area contributed by atoms with E-state index < -0.39 is 5.91 Å². The van der Waals surface area contributed by atoms with Gasteiger partial charge in [0.15, 0.2) is 5.75 Å². The van der Waals surface area contributed by atoms with E-state index in [1.165, 1.54) is 6.07 Å². The quantitative estimate of drug-likeness (QED) is 0.512. The number of phenolic OH excluding ortho intramolecular Hbond substituents is 1. The average Bonchev–Trinajstić information content (AvgIpc) is 2.53. The number of hydrogen-bond acceptors (Lipinski definition) is 5. The summed E-state index contributed by atoms with van der Waals surface area (Å²) in [4.78, 5) is 22.5. The summed E-state index contributed by atoms with van der Waals surface area (Å²) in [7, 11) is 0. The van der Waals surface area contributed by atoms with Crippen molar-refractivity contribution in [2.24, 2.45) is 10.3 Å². The number of rotatable bonds is 4. The van der Waals surface area contributed by atoms with Gasteiger partial charge in [0, 0.05) is 16.1 Å². The van der Waals surface area contributed by atoms with Crippen molar-refractivity contribution in [2.75, 3.05) is 0 Å². The number of halogens is 1. The number of phenols is 1. The predicted octanol–water partition coefficient (Wildman–Crippen LogP) is 3.60. The summed E-state index contributed by atoms with van der Waals surface area (Å²) in [6.45, 7) is 1.59. The van der Waals surface area contributed by atoms with E-state index in [4.69, 9.17) is 11.6 Å². The van der Waals surface area contributed by atoms with E-state index in [2.05, 4.69) is 15.7 Å². The molecule has 0 atom stereocenters. The molecule has 0 spiro atoms. The third-order valence-electron chi connectivity index (χ3n) is 2.93. The zero-order valence-corrected chi connectivity index (χ0v) is 12.3. The van der Waals surface area contributed by atoms with Crippen molar-refractivity contribution in [1.82, 2.24) is 5.43 Å². The predicted molar refractivity (Wildman–Crippen MR) is 84.7 cm³/mol. The number of hydrazone groups is 1. The first-order valence-electron chi connectivity index (χ1n) is 6.29. The second-order valence-electron chi connectivity index (χ2n) is 4.41. The third-order valence-corrected chi connectivity index (χ3v) is 3.19.